The number of rotatable bonds is 16. The molecule has 0 saturated heterocycles. The van der Waals surface area contributed by atoms with Gasteiger partial charge >= 0.3 is 11.9 Å². The van der Waals surface area contributed by atoms with Gasteiger partial charge in [0.1, 0.15) is 23.9 Å². The number of aliphatic carboxylic acids is 2. The van der Waals surface area contributed by atoms with Gasteiger partial charge in [-0.25, -0.2) is 4.79 Å². The van der Waals surface area contributed by atoms with Crippen LogP contribution in [0.2, 0.25) is 0 Å². The Bertz CT molecular complexity index is 938. The summed E-state index contributed by atoms with van der Waals surface area (Å²) in [5.41, 5.74) is 12.2. The lowest BCUT2D eigenvalue weighted by Crippen LogP contribution is -2.58. The Balaban J connectivity index is 2.98. The number of carboxylic acid groups (broad SMARTS) is 2. The van der Waals surface area contributed by atoms with Gasteiger partial charge in [0.05, 0.1) is 12.5 Å². The highest BCUT2D eigenvalue weighted by Crippen LogP contribution is 2.11. The normalized spacial score (nSPS) is 14.2. The van der Waals surface area contributed by atoms with Crippen LogP contribution in [0.25, 0.3) is 0 Å². The van der Waals surface area contributed by atoms with Crippen LogP contribution >= 0.6 is 0 Å². The third-order valence-electron chi connectivity index (χ3n) is 5.55. The Morgan fingerprint density at radius 2 is 1.43 bits per heavy atom. The summed E-state index contributed by atoms with van der Waals surface area (Å²) in [5.74, 6) is -5.59. The van der Waals surface area contributed by atoms with E-state index in [1.807, 2.05) is 0 Å². The van der Waals surface area contributed by atoms with Crippen molar-refractivity contribution >= 4 is 29.7 Å². The highest BCUT2D eigenvalue weighted by Gasteiger charge is 2.32. The number of amides is 3. The molecule has 0 unspecified atom stereocenters. The molecule has 4 atom stereocenters. The fourth-order valence-corrected chi connectivity index (χ4v) is 3.44. The molecule has 0 aliphatic carbocycles. The molecular formula is C24H37N5O8. The van der Waals surface area contributed by atoms with Crippen LogP contribution in [-0.2, 0) is 30.4 Å². The lowest BCUT2D eigenvalue weighted by atomic mass is 10.0. The van der Waals surface area contributed by atoms with Crippen LogP contribution in [-0.4, -0.2) is 75.7 Å². The monoisotopic (exact) mass is 523 g/mol. The molecule has 1 aromatic carbocycles. The topological polar surface area (TPSA) is 234 Å². The van der Waals surface area contributed by atoms with Crippen molar-refractivity contribution in [2.75, 3.05) is 6.54 Å². The van der Waals surface area contributed by atoms with Gasteiger partial charge in [0.25, 0.3) is 0 Å². The zero-order valence-electron chi connectivity index (χ0n) is 21.0. The van der Waals surface area contributed by atoms with E-state index in [4.69, 9.17) is 11.5 Å². The molecule has 0 bridgehead atoms. The molecule has 0 fully saturated rings. The molecule has 13 nitrogen and oxygen atoms in total. The molecule has 0 aliphatic rings. The molecule has 1 rings (SSSR count). The van der Waals surface area contributed by atoms with Crippen LogP contribution in [0, 0.1) is 5.92 Å². The minimum atomic E-state index is -1.58. The molecule has 10 N–H and O–H groups in total. The summed E-state index contributed by atoms with van der Waals surface area (Å²) in [4.78, 5) is 61.2. The predicted molar refractivity (Wildman–Crippen MR) is 133 cm³/mol. The fraction of sp³-hybridized carbons (Fsp3) is 0.542. The molecule has 206 valence electrons. The van der Waals surface area contributed by atoms with Crippen molar-refractivity contribution in [2.24, 2.45) is 17.4 Å². The smallest absolute Gasteiger partial charge is 0.326 e. The zero-order chi connectivity index (χ0) is 28.1. The van der Waals surface area contributed by atoms with Gasteiger partial charge in [0.2, 0.25) is 17.7 Å². The van der Waals surface area contributed by atoms with Crippen LogP contribution in [0.5, 0.6) is 5.75 Å². The lowest BCUT2D eigenvalue weighted by molar-refractivity contribution is -0.144. The molecule has 0 heterocycles. The number of phenolic OH excluding ortho intramolecular Hbond substituents is 1. The number of phenols is 1. The first-order valence-corrected chi connectivity index (χ1v) is 11.9. The maximum Gasteiger partial charge on any atom is 0.326 e. The maximum absolute atomic E-state index is 13.0. The Morgan fingerprint density at radius 1 is 0.865 bits per heavy atom. The second-order valence-electron chi connectivity index (χ2n) is 9.05. The standard InChI is InChI=1S/C24H37N5O8/c1-13(2)20(24(36)37)29-23(35)18(12-19(31)32)28-22(34)17(5-3-4-10-25)27-21(33)16(26)11-14-6-8-15(30)9-7-14/h6-9,13,16-18,20,30H,3-5,10-12,25-26H2,1-2H3,(H,27,33)(H,28,34)(H,29,35)(H,31,32)(H,36,37)/t16-,17-,18-,20-/m0/s1. The second kappa shape index (κ2) is 15.4. The first kappa shape index (κ1) is 31.3. The van der Waals surface area contributed by atoms with Crippen LogP contribution in [0.15, 0.2) is 24.3 Å². The number of hydrogen-bond donors (Lipinski definition) is 8. The second-order valence-corrected chi connectivity index (χ2v) is 9.05. The number of nitrogens with one attached hydrogen (secondary N) is 3. The van der Waals surface area contributed by atoms with E-state index < -0.39 is 66.2 Å². The van der Waals surface area contributed by atoms with Crippen molar-refractivity contribution in [3.63, 3.8) is 0 Å². The van der Waals surface area contributed by atoms with Gasteiger partial charge < -0.3 is 42.7 Å². The summed E-state index contributed by atoms with van der Waals surface area (Å²) in [7, 11) is 0. The summed E-state index contributed by atoms with van der Waals surface area (Å²) >= 11 is 0. The molecule has 37 heavy (non-hydrogen) atoms. The van der Waals surface area contributed by atoms with E-state index >= 15 is 0 Å². The first-order chi connectivity index (χ1) is 17.3. The number of aromatic hydroxyl groups is 1. The van der Waals surface area contributed by atoms with Crippen LogP contribution < -0.4 is 27.4 Å². The van der Waals surface area contributed by atoms with Gasteiger partial charge in [-0.15, -0.1) is 0 Å². The summed E-state index contributed by atoms with van der Waals surface area (Å²) < 4.78 is 0. The number of unbranched alkanes of at least 4 members (excludes halogenated alkanes) is 1. The lowest BCUT2D eigenvalue weighted by Gasteiger charge is -2.25. The number of hydrogen-bond acceptors (Lipinski definition) is 8. The molecular weight excluding hydrogens is 486 g/mol. The Morgan fingerprint density at radius 3 is 1.95 bits per heavy atom. The van der Waals surface area contributed by atoms with E-state index in [1.165, 1.54) is 12.1 Å². The third kappa shape index (κ3) is 11.3. The average Bonchev–Trinajstić information content (AvgIpc) is 2.81. The highest BCUT2D eigenvalue weighted by molar-refractivity contribution is 5.95. The number of benzene rings is 1. The maximum atomic E-state index is 13.0. The van der Waals surface area contributed by atoms with E-state index in [2.05, 4.69) is 16.0 Å². The van der Waals surface area contributed by atoms with Crippen LogP contribution in [0.3, 0.4) is 0 Å². The molecule has 0 spiro atoms. The van der Waals surface area contributed by atoms with Crippen molar-refractivity contribution in [3.05, 3.63) is 29.8 Å². The van der Waals surface area contributed by atoms with Crippen molar-refractivity contribution in [3.8, 4) is 5.75 Å². The van der Waals surface area contributed by atoms with E-state index in [0.29, 0.717) is 24.9 Å². The number of carbonyl (C=O) groups is 5. The molecule has 0 aromatic heterocycles. The minimum absolute atomic E-state index is 0.0569. The summed E-state index contributed by atoms with van der Waals surface area (Å²) in [6.45, 7) is 3.47. The molecule has 3 amide bonds. The van der Waals surface area contributed by atoms with E-state index in [1.54, 1.807) is 26.0 Å². The van der Waals surface area contributed by atoms with E-state index in [9.17, 15) is 39.3 Å². The fourth-order valence-electron chi connectivity index (χ4n) is 3.44. The number of carbonyl (C=O) groups excluding carboxylic acids is 3. The summed E-state index contributed by atoms with van der Waals surface area (Å²) in [5, 5.41) is 35.0. The predicted octanol–water partition coefficient (Wildman–Crippen LogP) is -0.939. The Labute approximate surface area is 215 Å². The third-order valence-corrected chi connectivity index (χ3v) is 5.55. The van der Waals surface area contributed by atoms with Crippen molar-refractivity contribution in [2.45, 2.75) is 70.1 Å². The first-order valence-electron chi connectivity index (χ1n) is 11.9. The largest absolute Gasteiger partial charge is 0.508 e. The molecule has 1 aromatic rings. The Kier molecular flexibility index (Phi) is 13.0. The van der Waals surface area contributed by atoms with Crippen molar-refractivity contribution in [1.29, 1.82) is 0 Å². The Hall–Kier alpha value is -3.71. The highest BCUT2D eigenvalue weighted by atomic mass is 16.4. The SMILES string of the molecule is CC(C)[C@H](NC(=O)[C@H](CC(=O)O)NC(=O)[C@H](CCCCN)NC(=O)[C@@H](N)Cc1ccc(O)cc1)C(=O)O. The molecule has 0 saturated carbocycles. The van der Waals surface area contributed by atoms with Gasteiger partial charge in [-0.2, -0.15) is 0 Å². The number of carboxylic acids is 2. The van der Waals surface area contributed by atoms with Gasteiger partial charge in [-0.1, -0.05) is 26.0 Å². The quantitative estimate of drug-likeness (QED) is 0.124. The molecule has 0 aliphatic heterocycles. The minimum Gasteiger partial charge on any atom is -0.508 e. The molecule has 13 heteroatoms. The van der Waals surface area contributed by atoms with Crippen molar-refractivity contribution < 1.29 is 39.3 Å². The van der Waals surface area contributed by atoms with Gasteiger partial charge in [0, 0.05) is 0 Å². The number of nitrogens with two attached hydrogens (primary N) is 2. The van der Waals surface area contributed by atoms with E-state index in [-0.39, 0.29) is 18.6 Å². The summed E-state index contributed by atoms with van der Waals surface area (Å²) in [6, 6.07) is 1.05. The van der Waals surface area contributed by atoms with Crippen molar-refractivity contribution in [1.82, 2.24) is 16.0 Å². The van der Waals surface area contributed by atoms with Gasteiger partial charge in [-0.05, 0) is 55.8 Å². The molecule has 0 radical (unpaired) electrons. The van der Waals surface area contributed by atoms with Crippen LogP contribution in [0.1, 0.15) is 45.1 Å². The van der Waals surface area contributed by atoms with E-state index in [0.717, 1.165) is 0 Å². The van der Waals surface area contributed by atoms with Gasteiger partial charge in [0.15, 0.2) is 0 Å². The van der Waals surface area contributed by atoms with Gasteiger partial charge in [-0.3, -0.25) is 19.2 Å². The van der Waals surface area contributed by atoms with Crippen LogP contribution in [0.4, 0.5) is 0 Å². The zero-order valence-corrected chi connectivity index (χ0v) is 21.0. The average molecular weight is 524 g/mol. The summed E-state index contributed by atoms with van der Waals surface area (Å²) in [6.07, 6.45) is 0.468.